The van der Waals surface area contributed by atoms with Crippen LogP contribution in [0.4, 0.5) is 13.2 Å². The smallest absolute Gasteiger partial charge is 0.420 e. The van der Waals surface area contributed by atoms with Crippen molar-refractivity contribution < 1.29 is 17.6 Å². The first-order valence-corrected chi connectivity index (χ1v) is 4.95. The standard InChI is InChI=1S/C10H6BrF3O/c1-5-4-6-8(11)3-2-7(9(6)15-5)10(12,13)14/h2-4H,1H3. The lowest BCUT2D eigenvalue weighted by Crippen LogP contribution is -2.04. The molecule has 0 saturated heterocycles. The van der Waals surface area contributed by atoms with Gasteiger partial charge in [0.1, 0.15) is 11.3 Å². The molecule has 15 heavy (non-hydrogen) atoms. The summed E-state index contributed by atoms with van der Waals surface area (Å²) in [5.74, 6) is 0.461. The zero-order chi connectivity index (χ0) is 11.2. The van der Waals surface area contributed by atoms with Gasteiger partial charge < -0.3 is 4.42 Å². The highest BCUT2D eigenvalue weighted by atomic mass is 79.9. The number of halogens is 4. The fourth-order valence-corrected chi connectivity index (χ4v) is 1.86. The third-order valence-corrected chi connectivity index (χ3v) is 2.75. The molecule has 0 unspecified atom stereocenters. The topological polar surface area (TPSA) is 13.1 Å². The average molecular weight is 279 g/mol. The molecule has 1 aromatic heterocycles. The van der Waals surface area contributed by atoms with Crippen molar-refractivity contribution in [1.29, 1.82) is 0 Å². The van der Waals surface area contributed by atoms with Crippen LogP contribution in [-0.4, -0.2) is 0 Å². The maximum absolute atomic E-state index is 12.6. The number of alkyl halides is 3. The predicted octanol–water partition coefficient (Wildman–Crippen LogP) is 4.52. The molecule has 80 valence electrons. The number of furan rings is 1. The van der Waals surface area contributed by atoms with Crippen LogP contribution in [0, 0.1) is 6.92 Å². The second-order valence-electron chi connectivity index (χ2n) is 3.19. The molecule has 1 heterocycles. The van der Waals surface area contributed by atoms with Crippen LogP contribution in [0.1, 0.15) is 11.3 Å². The molecule has 0 N–H and O–H groups in total. The minimum absolute atomic E-state index is 0.116. The molecule has 0 atom stereocenters. The molecular weight excluding hydrogens is 273 g/mol. The van der Waals surface area contributed by atoms with Crippen LogP contribution < -0.4 is 0 Å². The van der Waals surface area contributed by atoms with Crippen LogP contribution in [0.2, 0.25) is 0 Å². The van der Waals surface area contributed by atoms with Gasteiger partial charge in [-0.15, -0.1) is 0 Å². The van der Waals surface area contributed by atoms with E-state index >= 15 is 0 Å². The van der Waals surface area contributed by atoms with E-state index in [2.05, 4.69) is 15.9 Å². The normalized spacial score (nSPS) is 12.3. The molecule has 0 aliphatic heterocycles. The molecular formula is C10H6BrF3O. The first-order chi connectivity index (χ1) is 6.89. The fourth-order valence-electron chi connectivity index (χ4n) is 1.44. The highest BCUT2D eigenvalue weighted by Gasteiger charge is 2.34. The Bertz CT molecular complexity index is 513. The van der Waals surface area contributed by atoms with Crippen LogP contribution in [0.15, 0.2) is 27.1 Å². The van der Waals surface area contributed by atoms with Crippen molar-refractivity contribution in [3.05, 3.63) is 34.0 Å². The molecule has 1 nitrogen and oxygen atoms in total. The molecule has 2 rings (SSSR count). The second kappa shape index (κ2) is 3.27. The van der Waals surface area contributed by atoms with E-state index in [1.54, 1.807) is 13.0 Å². The van der Waals surface area contributed by atoms with Gasteiger partial charge in [0.05, 0.1) is 5.56 Å². The van der Waals surface area contributed by atoms with Crippen LogP contribution in [0.3, 0.4) is 0 Å². The lowest BCUT2D eigenvalue weighted by atomic mass is 10.1. The molecule has 0 aliphatic carbocycles. The zero-order valence-corrected chi connectivity index (χ0v) is 9.24. The summed E-state index contributed by atoms with van der Waals surface area (Å²) in [5, 5.41) is 0.447. The Morgan fingerprint density at radius 2 is 1.93 bits per heavy atom. The van der Waals surface area contributed by atoms with E-state index in [-0.39, 0.29) is 5.58 Å². The van der Waals surface area contributed by atoms with Crippen molar-refractivity contribution in [2.45, 2.75) is 13.1 Å². The molecule has 0 fully saturated rings. The second-order valence-corrected chi connectivity index (χ2v) is 4.05. The summed E-state index contributed by atoms with van der Waals surface area (Å²) in [6, 6.07) is 3.96. The number of fused-ring (bicyclic) bond motifs is 1. The van der Waals surface area contributed by atoms with E-state index in [1.807, 2.05) is 0 Å². The lowest BCUT2D eigenvalue weighted by Gasteiger charge is -2.07. The summed E-state index contributed by atoms with van der Waals surface area (Å²) in [4.78, 5) is 0. The van der Waals surface area contributed by atoms with Crippen molar-refractivity contribution in [3.63, 3.8) is 0 Å². The van der Waals surface area contributed by atoms with E-state index in [4.69, 9.17) is 4.42 Å². The van der Waals surface area contributed by atoms with Crippen molar-refractivity contribution in [2.75, 3.05) is 0 Å². The van der Waals surface area contributed by atoms with E-state index in [0.29, 0.717) is 15.6 Å². The van der Waals surface area contributed by atoms with Crippen molar-refractivity contribution in [1.82, 2.24) is 0 Å². The summed E-state index contributed by atoms with van der Waals surface area (Å²) in [6.07, 6.45) is -4.39. The Hall–Kier alpha value is -0.970. The Labute approximate surface area is 92.0 Å². The predicted molar refractivity (Wildman–Crippen MR) is 53.7 cm³/mol. The summed E-state index contributed by atoms with van der Waals surface area (Å²) in [7, 11) is 0. The first-order valence-electron chi connectivity index (χ1n) is 4.15. The number of rotatable bonds is 0. The van der Waals surface area contributed by atoms with Crippen LogP contribution in [-0.2, 0) is 6.18 Å². The van der Waals surface area contributed by atoms with E-state index in [1.165, 1.54) is 6.07 Å². The molecule has 0 aliphatic rings. The minimum atomic E-state index is -4.39. The van der Waals surface area contributed by atoms with Gasteiger partial charge in [-0.1, -0.05) is 15.9 Å². The van der Waals surface area contributed by atoms with Gasteiger partial charge in [-0.05, 0) is 25.1 Å². The molecule has 2 aromatic rings. The van der Waals surface area contributed by atoms with E-state index < -0.39 is 11.7 Å². The van der Waals surface area contributed by atoms with Gasteiger partial charge in [0.15, 0.2) is 0 Å². The van der Waals surface area contributed by atoms with E-state index in [0.717, 1.165) is 6.07 Å². The molecule has 0 saturated carbocycles. The fraction of sp³-hybridized carbons (Fsp3) is 0.200. The molecule has 0 spiro atoms. The molecule has 0 amide bonds. The highest BCUT2D eigenvalue weighted by Crippen LogP contribution is 2.38. The van der Waals surface area contributed by atoms with E-state index in [9.17, 15) is 13.2 Å². The average Bonchev–Trinajstić information content (AvgIpc) is 2.45. The minimum Gasteiger partial charge on any atom is -0.461 e. The van der Waals surface area contributed by atoms with Crippen LogP contribution >= 0.6 is 15.9 Å². The number of hydrogen-bond acceptors (Lipinski definition) is 1. The van der Waals surface area contributed by atoms with Gasteiger partial charge in [-0.3, -0.25) is 0 Å². The van der Waals surface area contributed by atoms with Crippen molar-refractivity contribution >= 4 is 26.9 Å². The third-order valence-electron chi connectivity index (χ3n) is 2.06. The molecule has 1 aromatic carbocycles. The molecule has 5 heteroatoms. The van der Waals surface area contributed by atoms with Gasteiger partial charge >= 0.3 is 6.18 Å². The monoisotopic (exact) mass is 278 g/mol. The van der Waals surface area contributed by atoms with Crippen molar-refractivity contribution in [2.24, 2.45) is 0 Å². The van der Waals surface area contributed by atoms with Crippen molar-refractivity contribution in [3.8, 4) is 0 Å². The van der Waals surface area contributed by atoms with Gasteiger partial charge in [-0.2, -0.15) is 13.2 Å². The summed E-state index contributed by atoms with van der Waals surface area (Å²) < 4.78 is 43.4. The number of aryl methyl sites for hydroxylation is 1. The van der Waals surface area contributed by atoms with Gasteiger partial charge in [0.25, 0.3) is 0 Å². The summed E-state index contributed by atoms with van der Waals surface area (Å²) >= 11 is 3.18. The van der Waals surface area contributed by atoms with Crippen LogP contribution in [0.25, 0.3) is 11.0 Å². The Balaban J connectivity index is 2.83. The summed E-state index contributed by atoms with van der Waals surface area (Å²) in [5.41, 5.74) is -0.858. The Kier molecular flexibility index (Phi) is 2.30. The largest absolute Gasteiger partial charge is 0.461 e. The quantitative estimate of drug-likeness (QED) is 0.690. The van der Waals surface area contributed by atoms with Gasteiger partial charge in [0.2, 0.25) is 0 Å². The lowest BCUT2D eigenvalue weighted by molar-refractivity contribution is -0.136. The number of hydrogen-bond donors (Lipinski definition) is 0. The number of benzene rings is 1. The Morgan fingerprint density at radius 3 is 2.53 bits per heavy atom. The summed E-state index contributed by atoms with van der Waals surface area (Å²) in [6.45, 7) is 1.62. The highest BCUT2D eigenvalue weighted by molar-refractivity contribution is 9.10. The first kappa shape index (κ1) is 10.5. The SMILES string of the molecule is Cc1cc2c(Br)ccc(C(F)(F)F)c2o1. The zero-order valence-electron chi connectivity index (χ0n) is 7.65. The van der Waals surface area contributed by atoms with Gasteiger partial charge in [-0.25, -0.2) is 0 Å². The third kappa shape index (κ3) is 1.76. The molecule has 0 radical (unpaired) electrons. The van der Waals surface area contributed by atoms with Crippen LogP contribution in [0.5, 0.6) is 0 Å². The Morgan fingerprint density at radius 1 is 1.27 bits per heavy atom. The van der Waals surface area contributed by atoms with Gasteiger partial charge in [0, 0.05) is 9.86 Å². The maximum atomic E-state index is 12.6. The molecule has 0 bridgehead atoms. The maximum Gasteiger partial charge on any atom is 0.420 e.